The molecule has 0 bridgehead atoms. The Morgan fingerprint density at radius 2 is 1.77 bits per heavy atom. The summed E-state index contributed by atoms with van der Waals surface area (Å²) in [6.07, 6.45) is 3.79. The topological polar surface area (TPSA) is 58.2 Å². The summed E-state index contributed by atoms with van der Waals surface area (Å²) in [6.45, 7) is 2.73. The average Bonchev–Trinajstić information content (AvgIpc) is 2.52. The molecule has 1 aliphatic rings. The lowest BCUT2D eigenvalue weighted by Crippen LogP contribution is -2.35. The van der Waals surface area contributed by atoms with Crippen molar-refractivity contribution in [1.82, 2.24) is 5.32 Å². The van der Waals surface area contributed by atoms with Crippen LogP contribution >= 0.6 is 0 Å². The number of nitrogens with one attached hydrogen (secondary N) is 2. The zero-order valence-electron chi connectivity index (χ0n) is 12.9. The molecule has 0 aromatic heterocycles. The fourth-order valence-corrected chi connectivity index (χ4v) is 2.82. The first kappa shape index (κ1) is 16.5. The zero-order chi connectivity index (χ0) is 15.9. The van der Waals surface area contributed by atoms with Crippen LogP contribution in [0.15, 0.2) is 24.3 Å². The summed E-state index contributed by atoms with van der Waals surface area (Å²) in [5.74, 6) is -0.429. The molecule has 22 heavy (non-hydrogen) atoms. The van der Waals surface area contributed by atoms with Gasteiger partial charge in [-0.15, -0.1) is 0 Å². The summed E-state index contributed by atoms with van der Waals surface area (Å²) >= 11 is 0. The largest absolute Gasteiger partial charge is 0.356 e. The Balaban J connectivity index is 1.81. The van der Waals surface area contributed by atoms with Crippen LogP contribution in [0.2, 0.25) is 0 Å². The van der Waals surface area contributed by atoms with Crippen LogP contribution in [0, 0.1) is 17.7 Å². The first-order chi connectivity index (χ1) is 10.6. The third-order valence-corrected chi connectivity index (χ3v) is 4.11. The molecule has 0 atom stereocenters. The second-order valence-corrected chi connectivity index (χ2v) is 5.84. The van der Waals surface area contributed by atoms with E-state index in [-0.39, 0.29) is 29.5 Å². The van der Waals surface area contributed by atoms with Crippen LogP contribution in [0.25, 0.3) is 0 Å². The predicted molar refractivity (Wildman–Crippen MR) is 83.8 cm³/mol. The van der Waals surface area contributed by atoms with Crippen molar-refractivity contribution in [2.24, 2.45) is 11.8 Å². The van der Waals surface area contributed by atoms with Gasteiger partial charge < -0.3 is 10.6 Å². The second-order valence-electron chi connectivity index (χ2n) is 5.84. The molecule has 1 aromatic rings. The van der Waals surface area contributed by atoms with Crippen molar-refractivity contribution in [3.05, 3.63) is 30.1 Å². The smallest absolute Gasteiger partial charge is 0.227 e. The quantitative estimate of drug-likeness (QED) is 0.878. The molecule has 1 saturated carbocycles. The predicted octanol–water partition coefficient (Wildman–Crippen LogP) is 3.10. The van der Waals surface area contributed by atoms with Gasteiger partial charge in [0.1, 0.15) is 5.82 Å². The number of carbonyl (C=O) groups is 2. The number of hydrogen-bond acceptors (Lipinski definition) is 2. The third kappa shape index (κ3) is 4.55. The molecule has 5 heteroatoms. The Labute approximate surface area is 130 Å². The maximum Gasteiger partial charge on any atom is 0.227 e. The molecule has 0 aliphatic heterocycles. The molecular weight excluding hydrogens is 283 g/mol. The summed E-state index contributed by atoms with van der Waals surface area (Å²) in [4.78, 5) is 24.1. The molecule has 1 fully saturated rings. The molecule has 0 saturated heterocycles. The molecule has 1 aliphatic carbocycles. The fraction of sp³-hybridized carbons (Fsp3) is 0.529. The Morgan fingerprint density at radius 1 is 1.14 bits per heavy atom. The van der Waals surface area contributed by atoms with Gasteiger partial charge in [0.25, 0.3) is 0 Å². The summed E-state index contributed by atoms with van der Waals surface area (Å²) < 4.78 is 13.1. The van der Waals surface area contributed by atoms with E-state index in [0.717, 1.165) is 19.3 Å². The Hall–Kier alpha value is -1.91. The van der Waals surface area contributed by atoms with Gasteiger partial charge in [-0.1, -0.05) is 13.0 Å². The van der Waals surface area contributed by atoms with Gasteiger partial charge in [-0.2, -0.15) is 0 Å². The number of halogens is 1. The molecule has 4 nitrogen and oxygen atoms in total. The lowest BCUT2D eigenvalue weighted by Gasteiger charge is -2.27. The van der Waals surface area contributed by atoms with Crippen LogP contribution < -0.4 is 10.6 Å². The molecule has 0 unspecified atom stereocenters. The highest BCUT2D eigenvalue weighted by atomic mass is 19.1. The second kappa shape index (κ2) is 7.92. The van der Waals surface area contributed by atoms with Gasteiger partial charge in [0.15, 0.2) is 0 Å². The van der Waals surface area contributed by atoms with Crippen molar-refractivity contribution >= 4 is 17.5 Å². The Kier molecular flexibility index (Phi) is 5.92. The number of hydrogen-bond donors (Lipinski definition) is 2. The van der Waals surface area contributed by atoms with E-state index < -0.39 is 0 Å². The highest BCUT2D eigenvalue weighted by Gasteiger charge is 2.29. The highest BCUT2D eigenvalue weighted by Crippen LogP contribution is 2.29. The lowest BCUT2D eigenvalue weighted by atomic mass is 9.81. The van der Waals surface area contributed by atoms with Gasteiger partial charge in [-0.3, -0.25) is 9.59 Å². The van der Waals surface area contributed by atoms with Crippen LogP contribution in [0.1, 0.15) is 39.0 Å². The molecule has 2 rings (SSSR count). The number of rotatable bonds is 5. The van der Waals surface area contributed by atoms with E-state index in [2.05, 4.69) is 10.6 Å². The molecule has 1 aromatic carbocycles. The lowest BCUT2D eigenvalue weighted by molar-refractivity contribution is -0.128. The van der Waals surface area contributed by atoms with E-state index in [1.807, 2.05) is 6.92 Å². The van der Waals surface area contributed by atoms with Gasteiger partial charge in [-0.25, -0.2) is 4.39 Å². The normalized spacial score (nSPS) is 21.2. The van der Waals surface area contributed by atoms with Crippen molar-refractivity contribution < 1.29 is 14.0 Å². The standard InChI is InChI=1S/C17H23FN2O2/c1-2-10-19-16(21)12-6-8-13(9-7-12)17(22)20-15-5-3-4-14(18)11-15/h3-5,11-13H,2,6-10H2,1H3,(H,19,21)(H,20,22). The first-order valence-corrected chi connectivity index (χ1v) is 7.94. The van der Waals surface area contributed by atoms with Crippen molar-refractivity contribution in [2.75, 3.05) is 11.9 Å². The zero-order valence-corrected chi connectivity index (χ0v) is 12.9. The van der Waals surface area contributed by atoms with E-state index in [1.165, 1.54) is 12.1 Å². The molecule has 0 radical (unpaired) electrons. The molecular formula is C17H23FN2O2. The van der Waals surface area contributed by atoms with Crippen molar-refractivity contribution in [1.29, 1.82) is 0 Å². The highest BCUT2D eigenvalue weighted by molar-refractivity contribution is 5.92. The molecule has 2 N–H and O–H groups in total. The maximum absolute atomic E-state index is 13.1. The summed E-state index contributed by atoms with van der Waals surface area (Å²) in [7, 11) is 0. The van der Waals surface area contributed by atoms with Crippen molar-refractivity contribution in [3.63, 3.8) is 0 Å². The molecule has 0 spiro atoms. The third-order valence-electron chi connectivity index (χ3n) is 4.11. The number of anilines is 1. The van der Waals surface area contributed by atoms with Crippen LogP contribution in [-0.2, 0) is 9.59 Å². The van der Waals surface area contributed by atoms with Crippen LogP contribution in [0.4, 0.5) is 10.1 Å². The minimum atomic E-state index is -0.367. The molecule has 0 heterocycles. The molecule has 2 amide bonds. The Bertz CT molecular complexity index is 525. The van der Waals surface area contributed by atoms with Gasteiger partial charge in [-0.05, 0) is 50.3 Å². The van der Waals surface area contributed by atoms with Gasteiger partial charge >= 0.3 is 0 Å². The number of carbonyl (C=O) groups excluding carboxylic acids is 2. The summed E-state index contributed by atoms with van der Waals surface area (Å²) in [5, 5.41) is 5.66. The van der Waals surface area contributed by atoms with Gasteiger partial charge in [0, 0.05) is 24.1 Å². The van der Waals surface area contributed by atoms with Crippen molar-refractivity contribution in [2.45, 2.75) is 39.0 Å². The van der Waals surface area contributed by atoms with E-state index in [0.29, 0.717) is 25.1 Å². The molecule has 120 valence electrons. The Morgan fingerprint density at radius 3 is 2.36 bits per heavy atom. The van der Waals surface area contributed by atoms with Gasteiger partial charge in [0.2, 0.25) is 11.8 Å². The van der Waals surface area contributed by atoms with E-state index in [9.17, 15) is 14.0 Å². The van der Waals surface area contributed by atoms with E-state index in [1.54, 1.807) is 12.1 Å². The van der Waals surface area contributed by atoms with E-state index in [4.69, 9.17) is 0 Å². The maximum atomic E-state index is 13.1. The fourth-order valence-electron chi connectivity index (χ4n) is 2.82. The van der Waals surface area contributed by atoms with E-state index >= 15 is 0 Å². The summed E-state index contributed by atoms with van der Waals surface area (Å²) in [6, 6.07) is 5.89. The van der Waals surface area contributed by atoms with Crippen molar-refractivity contribution in [3.8, 4) is 0 Å². The number of amides is 2. The first-order valence-electron chi connectivity index (χ1n) is 7.94. The SMILES string of the molecule is CCCNC(=O)C1CCC(C(=O)Nc2cccc(F)c2)CC1. The minimum absolute atomic E-state index is 0.0183. The summed E-state index contributed by atoms with van der Waals surface area (Å²) in [5.41, 5.74) is 0.479. The van der Waals surface area contributed by atoms with Gasteiger partial charge in [0.05, 0.1) is 0 Å². The van der Waals surface area contributed by atoms with Crippen LogP contribution in [0.5, 0.6) is 0 Å². The monoisotopic (exact) mass is 306 g/mol. The van der Waals surface area contributed by atoms with Crippen LogP contribution in [0.3, 0.4) is 0 Å². The minimum Gasteiger partial charge on any atom is -0.356 e. The van der Waals surface area contributed by atoms with Crippen LogP contribution in [-0.4, -0.2) is 18.4 Å². The number of benzene rings is 1. The average molecular weight is 306 g/mol.